The van der Waals surface area contributed by atoms with Crippen LogP contribution in [-0.4, -0.2) is 19.5 Å². The van der Waals surface area contributed by atoms with E-state index in [1.54, 1.807) is 19.1 Å². The summed E-state index contributed by atoms with van der Waals surface area (Å²) in [6.45, 7) is 3.72. The minimum absolute atomic E-state index is 0.0670. The fourth-order valence-electron chi connectivity index (χ4n) is 3.40. The minimum Gasteiger partial charge on any atom is -0.406 e. The normalized spacial score (nSPS) is 24.7. The molecular formula is C15H18F3NO. The van der Waals surface area contributed by atoms with Crippen LogP contribution in [0.25, 0.3) is 0 Å². The molecule has 1 spiro atoms. The van der Waals surface area contributed by atoms with E-state index in [-0.39, 0.29) is 5.75 Å². The number of hydrogen-bond acceptors (Lipinski definition) is 2. The van der Waals surface area contributed by atoms with Gasteiger partial charge in [0.15, 0.2) is 0 Å². The number of hydrogen-bond donors (Lipinski definition) is 1. The molecule has 1 aromatic carbocycles. The van der Waals surface area contributed by atoms with Crippen molar-refractivity contribution in [3.8, 4) is 5.75 Å². The molecule has 2 nitrogen and oxygen atoms in total. The number of benzene rings is 1. The van der Waals surface area contributed by atoms with Crippen LogP contribution >= 0.6 is 0 Å². The van der Waals surface area contributed by atoms with E-state index < -0.39 is 6.36 Å². The zero-order valence-corrected chi connectivity index (χ0v) is 11.4. The molecule has 3 rings (SSSR count). The summed E-state index contributed by atoms with van der Waals surface area (Å²) in [6, 6.07) is 5.23. The predicted molar refractivity (Wildman–Crippen MR) is 69.8 cm³/mol. The molecule has 1 unspecified atom stereocenters. The molecule has 5 heteroatoms. The van der Waals surface area contributed by atoms with Crippen molar-refractivity contribution in [1.82, 2.24) is 5.32 Å². The fourth-order valence-corrected chi connectivity index (χ4v) is 3.40. The largest absolute Gasteiger partial charge is 0.573 e. The van der Waals surface area contributed by atoms with Crippen molar-refractivity contribution in [1.29, 1.82) is 0 Å². The third kappa shape index (κ3) is 2.64. The SMILES string of the molecule is Cc1ccc(C2CCC3(CNC3)C2)cc1OC(F)(F)F. The highest BCUT2D eigenvalue weighted by Gasteiger charge is 2.44. The Balaban J connectivity index is 1.79. The summed E-state index contributed by atoms with van der Waals surface area (Å²) < 4.78 is 41.3. The predicted octanol–water partition coefficient (Wildman–Crippen LogP) is 3.75. The van der Waals surface area contributed by atoms with Gasteiger partial charge in [-0.25, -0.2) is 0 Å². The van der Waals surface area contributed by atoms with Crippen LogP contribution in [-0.2, 0) is 0 Å². The van der Waals surface area contributed by atoms with Gasteiger partial charge in [-0.2, -0.15) is 0 Å². The summed E-state index contributed by atoms with van der Waals surface area (Å²) in [5, 5.41) is 3.29. The number of aryl methyl sites for hydroxylation is 1. The Morgan fingerprint density at radius 1 is 1.30 bits per heavy atom. The average molecular weight is 285 g/mol. The molecule has 110 valence electrons. The van der Waals surface area contributed by atoms with Gasteiger partial charge in [0.25, 0.3) is 0 Å². The van der Waals surface area contributed by atoms with Crippen LogP contribution in [0, 0.1) is 12.3 Å². The maximum Gasteiger partial charge on any atom is 0.573 e. The lowest BCUT2D eigenvalue weighted by Gasteiger charge is -2.39. The Kier molecular flexibility index (Phi) is 3.20. The van der Waals surface area contributed by atoms with Gasteiger partial charge in [-0.1, -0.05) is 12.1 Å². The molecule has 1 atom stereocenters. The number of nitrogens with one attached hydrogen (secondary N) is 1. The highest BCUT2D eigenvalue weighted by Crippen LogP contribution is 2.49. The highest BCUT2D eigenvalue weighted by molar-refractivity contribution is 5.38. The standard InChI is InChI=1S/C15H18F3NO/c1-10-2-3-11(6-13(10)20-15(16,17)18)12-4-5-14(7-12)8-19-9-14/h2-3,6,12,19H,4-5,7-9H2,1H3. The van der Waals surface area contributed by atoms with Gasteiger partial charge in [0.1, 0.15) is 5.75 Å². The van der Waals surface area contributed by atoms with Gasteiger partial charge < -0.3 is 10.1 Å². The van der Waals surface area contributed by atoms with Crippen LogP contribution in [0.2, 0.25) is 0 Å². The van der Waals surface area contributed by atoms with E-state index in [2.05, 4.69) is 10.1 Å². The summed E-state index contributed by atoms with van der Waals surface area (Å²) in [7, 11) is 0. The first-order valence-electron chi connectivity index (χ1n) is 6.94. The van der Waals surface area contributed by atoms with Crippen molar-refractivity contribution in [2.75, 3.05) is 13.1 Å². The highest BCUT2D eigenvalue weighted by atomic mass is 19.4. The second kappa shape index (κ2) is 4.65. The monoisotopic (exact) mass is 285 g/mol. The molecule has 0 aromatic heterocycles. The molecule has 0 amide bonds. The van der Waals surface area contributed by atoms with Gasteiger partial charge in [0.05, 0.1) is 0 Å². The minimum atomic E-state index is -4.63. The molecule has 1 saturated heterocycles. The van der Waals surface area contributed by atoms with Crippen LogP contribution in [0.1, 0.15) is 36.3 Å². The first kappa shape index (κ1) is 13.7. The molecule has 0 bridgehead atoms. The van der Waals surface area contributed by atoms with Crippen molar-refractivity contribution in [2.24, 2.45) is 5.41 Å². The lowest BCUT2D eigenvalue weighted by molar-refractivity contribution is -0.274. The first-order chi connectivity index (χ1) is 9.37. The third-order valence-corrected chi connectivity index (χ3v) is 4.61. The van der Waals surface area contributed by atoms with E-state index >= 15 is 0 Å². The molecule has 2 fully saturated rings. The lowest BCUT2D eigenvalue weighted by atomic mass is 9.79. The summed E-state index contributed by atoms with van der Waals surface area (Å²) in [5.41, 5.74) is 1.88. The van der Waals surface area contributed by atoms with Crippen molar-refractivity contribution in [3.63, 3.8) is 0 Å². The Bertz CT molecular complexity index is 508. The van der Waals surface area contributed by atoms with Gasteiger partial charge in [-0.05, 0) is 54.7 Å². The summed E-state index contributed by atoms with van der Waals surface area (Å²) in [4.78, 5) is 0. The van der Waals surface area contributed by atoms with E-state index in [1.807, 2.05) is 6.07 Å². The number of rotatable bonds is 2. The fraction of sp³-hybridized carbons (Fsp3) is 0.600. The van der Waals surface area contributed by atoms with Crippen molar-refractivity contribution in [2.45, 2.75) is 38.5 Å². The Labute approximate surface area is 116 Å². The average Bonchev–Trinajstić information content (AvgIpc) is 2.75. The Hall–Kier alpha value is -1.23. The molecule has 1 aliphatic carbocycles. The lowest BCUT2D eigenvalue weighted by Crippen LogP contribution is -2.51. The molecule has 0 radical (unpaired) electrons. The number of ether oxygens (including phenoxy) is 1. The van der Waals surface area contributed by atoms with Crippen LogP contribution in [0.4, 0.5) is 13.2 Å². The first-order valence-corrected chi connectivity index (χ1v) is 6.94. The van der Waals surface area contributed by atoms with Gasteiger partial charge in [0.2, 0.25) is 0 Å². The molecular weight excluding hydrogens is 267 g/mol. The van der Waals surface area contributed by atoms with Gasteiger partial charge >= 0.3 is 6.36 Å². The quantitative estimate of drug-likeness (QED) is 0.893. The smallest absolute Gasteiger partial charge is 0.406 e. The zero-order chi connectivity index (χ0) is 14.4. The number of alkyl halides is 3. The van der Waals surface area contributed by atoms with E-state index in [0.29, 0.717) is 16.9 Å². The topological polar surface area (TPSA) is 21.3 Å². The van der Waals surface area contributed by atoms with Crippen LogP contribution in [0.3, 0.4) is 0 Å². The van der Waals surface area contributed by atoms with Crippen LogP contribution < -0.4 is 10.1 Å². The van der Waals surface area contributed by atoms with Crippen LogP contribution in [0.15, 0.2) is 18.2 Å². The molecule has 1 saturated carbocycles. The number of halogens is 3. The second-order valence-electron chi connectivity index (χ2n) is 6.12. The van der Waals surface area contributed by atoms with Gasteiger partial charge in [-0.3, -0.25) is 0 Å². The van der Waals surface area contributed by atoms with Gasteiger partial charge in [0, 0.05) is 13.1 Å². The summed E-state index contributed by atoms with van der Waals surface area (Å²) in [6.07, 6.45) is -1.35. The van der Waals surface area contributed by atoms with E-state index in [1.165, 1.54) is 0 Å². The third-order valence-electron chi connectivity index (χ3n) is 4.61. The molecule has 1 aliphatic heterocycles. The van der Waals surface area contributed by atoms with E-state index in [0.717, 1.165) is 37.9 Å². The second-order valence-corrected chi connectivity index (χ2v) is 6.12. The van der Waals surface area contributed by atoms with E-state index in [4.69, 9.17) is 0 Å². The Morgan fingerprint density at radius 3 is 2.60 bits per heavy atom. The molecule has 1 heterocycles. The summed E-state index contributed by atoms with van der Waals surface area (Å²) in [5.74, 6) is 0.288. The maximum atomic E-state index is 12.4. The zero-order valence-electron chi connectivity index (χ0n) is 11.4. The molecule has 1 N–H and O–H groups in total. The van der Waals surface area contributed by atoms with Crippen molar-refractivity contribution < 1.29 is 17.9 Å². The molecule has 1 aromatic rings. The van der Waals surface area contributed by atoms with Crippen LogP contribution in [0.5, 0.6) is 5.75 Å². The Morgan fingerprint density at radius 2 is 2.05 bits per heavy atom. The van der Waals surface area contributed by atoms with Gasteiger partial charge in [-0.15, -0.1) is 13.2 Å². The maximum absolute atomic E-state index is 12.4. The van der Waals surface area contributed by atoms with E-state index in [9.17, 15) is 13.2 Å². The summed E-state index contributed by atoms with van der Waals surface area (Å²) >= 11 is 0. The van der Waals surface area contributed by atoms with Crippen molar-refractivity contribution in [3.05, 3.63) is 29.3 Å². The molecule has 2 aliphatic rings. The van der Waals surface area contributed by atoms with Crippen molar-refractivity contribution >= 4 is 0 Å². The molecule has 20 heavy (non-hydrogen) atoms.